The van der Waals surface area contributed by atoms with Crippen LogP contribution in [0.2, 0.25) is 0 Å². The fourth-order valence-electron chi connectivity index (χ4n) is 4.37. The smallest absolute Gasteiger partial charge is 0.228 e. The van der Waals surface area contributed by atoms with Crippen molar-refractivity contribution < 1.29 is 9.53 Å². The van der Waals surface area contributed by atoms with E-state index in [0.29, 0.717) is 13.2 Å². The first kappa shape index (κ1) is 21.9. The summed E-state index contributed by atoms with van der Waals surface area (Å²) >= 11 is 1.48. The third-order valence-electron chi connectivity index (χ3n) is 6.21. The Bertz CT molecular complexity index is 994. The fraction of sp³-hybridized carbons (Fsp3) is 0.522. The second kappa shape index (κ2) is 8.67. The van der Waals surface area contributed by atoms with Gasteiger partial charge in [0.25, 0.3) is 0 Å². The van der Waals surface area contributed by atoms with Gasteiger partial charge in [-0.25, -0.2) is 0 Å². The Morgan fingerprint density at radius 1 is 1.26 bits per heavy atom. The molecule has 2 aliphatic rings. The summed E-state index contributed by atoms with van der Waals surface area (Å²) < 4.78 is 7.54. The van der Waals surface area contributed by atoms with Crippen molar-refractivity contribution in [1.82, 2.24) is 14.8 Å². The first-order valence-corrected chi connectivity index (χ1v) is 11.7. The Morgan fingerprint density at radius 3 is 2.65 bits per heavy atom. The van der Waals surface area contributed by atoms with Crippen LogP contribution < -0.4 is 9.80 Å². The molecular formula is C23H31N5O2S. The lowest BCUT2D eigenvalue weighted by molar-refractivity contribution is -0.114. The maximum Gasteiger partial charge on any atom is 0.228 e. The number of ketones is 1. The summed E-state index contributed by atoms with van der Waals surface area (Å²) in [5, 5.41) is 9.34. The van der Waals surface area contributed by atoms with Gasteiger partial charge in [-0.2, -0.15) is 0 Å². The number of benzene rings is 1. The van der Waals surface area contributed by atoms with Crippen LogP contribution in [-0.2, 0) is 21.5 Å². The number of rotatable bonds is 6. The number of ether oxygens (including phenoxy) is 1. The normalized spacial score (nSPS) is 20.2. The molecule has 166 valence electrons. The lowest BCUT2D eigenvalue weighted by atomic mass is 9.83. The first-order chi connectivity index (χ1) is 14.8. The molecule has 1 unspecified atom stereocenters. The van der Waals surface area contributed by atoms with Gasteiger partial charge in [-0.05, 0) is 25.5 Å². The Morgan fingerprint density at radius 2 is 1.97 bits per heavy atom. The quantitative estimate of drug-likeness (QED) is 0.502. The minimum Gasteiger partial charge on any atom is -0.378 e. The Balaban J connectivity index is 1.53. The molecule has 2 aliphatic heterocycles. The van der Waals surface area contributed by atoms with E-state index in [1.54, 1.807) is 0 Å². The molecule has 1 atom stereocenters. The summed E-state index contributed by atoms with van der Waals surface area (Å²) in [5.74, 6) is 0.949. The van der Waals surface area contributed by atoms with Gasteiger partial charge in [0, 0.05) is 49.6 Å². The zero-order valence-corrected chi connectivity index (χ0v) is 19.8. The number of fused-ring (bicyclic) bond motifs is 1. The number of thioether (sulfide) groups is 1. The molecular weight excluding hydrogens is 410 g/mol. The van der Waals surface area contributed by atoms with Crippen molar-refractivity contribution in [3.8, 4) is 0 Å². The number of hydrogen-bond donors (Lipinski definition) is 0. The number of nitrogens with zero attached hydrogens (tertiary/aromatic N) is 5. The van der Waals surface area contributed by atoms with E-state index in [9.17, 15) is 4.79 Å². The number of aromatic nitrogens is 3. The zero-order chi connectivity index (χ0) is 22.2. The van der Waals surface area contributed by atoms with E-state index in [1.807, 2.05) is 26.1 Å². The Hall–Kier alpha value is -2.32. The molecule has 0 aliphatic carbocycles. The molecule has 0 spiro atoms. The van der Waals surface area contributed by atoms with E-state index in [0.717, 1.165) is 42.1 Å². The van der Waals surface area contributed by atoms with Gasteiger partial charge in [0.15, 0.2) is 10.9 Å². The molecule has 1 saturated heterocycles. The van der Waals surface area contributed by atoms with Crippen molar-refractivity contribution in [2.24, 2.45) is 0 Å². The van der Waals surface area contributed by atoms with Crippen LogP contribution in [0.15, 0.2) is 41.2 Å². The van der Waals surface area contributed by atoms with E-state index in [2.05, 4.69) is 63.5 Å². The van der Waals surface area contributed by atoms with E-state index < -0.39 is 0 Å². The SMILES string of the molecule is CCn1c(SC(C)C(=O)/C=C2\N(C)c3ccccc3C2(C)C)nnc1N1CCOCC1. The van der Waals surface area contributed by atoms with Gasteiger partial charge in [-0.15, -0.1) is 10.2 Å². The summed E-state index contributed by atoms with van der Waals surface area (Å²) in [5.41, 5.74) is 3.22. The number of carbonyl (C=O) groups excluding carboxylic acids is 1. The lowest BCUT2D eigenvalue weighted by Crippen LogP contribution is -2.38. The van der Waals surface area contributed by atoms with Crippen LogP contribution in [0, 0.1) is 0 Å². The highest BCUT2D eigenvalue weighted by molar-refractivity contribution is 8.00. The van der Waals surface area contributed by atoms with Crippen molar-refractivity contribution in [3.05, 3.63) is 41.6 Å². The van der Waals surface area contributed by atoms with Gasteiger partial charge >= 0.3 is 0 Å². The molecule has 4 rings (SSSR count). The maximum atomic E-state index is 13.2. The molecule has 3 heterocycles. The maximum absolute atomic E-state index is 13.2. The Labute approximate surface area is 188 Å². The van der Waals surface area contributed by atoms with Crippen molar-refractivity contribution >= 4 is 29.2 Å². The summed E-state index contributed by atoms with van der Waals surface area (Å²) in [6, 6.07) is 8.35. The number of carbonyl (C=O) groups is 1. The van der Waals surface area contributed by atoms with Gasteiger partial charge in [-0.1, -0.05) is 43.8 Å². The van der Waals surface area contributed by atoms with Crippen molar-refractivity contribution in [1.29, 1.82) is 0 Å². The van der Waals surface area contributed by atoms with Gasteiger partial charge in [-0.3, -0.25) is 9.36 Å². The van der Waals surface area contributed by atoms with Crippen LogP contribution in [0.5, 0.6) is 0 Å². The van der Waals surface area contributed by atoms with E-state index >= 15 is 0 Å². The number of allylic oxidation sites excluding steroid dienone is 2. The highest BCUT2D eigenvalue weighted by Gasteiger charge is 2.39. The molecule has 0 amide bonds. The predicted octanol–water partition coefficient (Wildman–Crippen LogP) is 3.50. The predicted molar refractivity (Wildman–Crippen MR) is 125 cm³/mol. The topological polar surface area (TPSA) is 63.5 Å². The standard InChI is InChI=1S/C23H31N5O2S/c1-6-28-21(27-11-13-30-14-12-27)24-25-22(28)31-16(2)19(29)15-20-23(3,4)17-9-7-8-10-18(17)26(20)5/h7-10,15-16H,6,11-14H2,1-5H3/b20-15-. The van der Waals surface area contributed by atoms with Crippen LogP contribution in [0.3, 0.4) is 0 Å². The summed E-state index contributed by atoms with van der Waals surface area (Å²) in [6.07, 6.45) is 1.81. The molecule has 2 aromatic rings. The third-order valence-corrected chi connectivity index (χ3v) is 7.31. The average Bonchev–Trinajstić information content (AvgIpc) is 3.26. The van der Waals surface area contributed by atoms with Crippen LogP contribution >= 0.6 is 11.8 Å². The molecule has 31 heavy (non-hydrogen) atoms. The number of morpholine rings is 1. The van der Waals surface area contributed by atoms with Crippen molar-refractivity contribution in [2.75, 3.05) is 43.2 Å². The van der Waals surface area contributed by atoms with Gasteiger partial charge in [0.05, 0.1) is 18.5 Å². The highest BCUT2D eigenvalue weighted by Crippen LogP contribution is 2.46. The van der Waals surface area contributed by atoms with E-state index in [-0.39, 0.29) is 16.4 Å². The second-order valence-electron chi connectivity index (χ2n) is 8.52. The minimum atomic E-state index is -0.257. The third kappa shape index (κ3) is 3.99. The highest BCUT2D eigenvalue weighted by atomic mass is 32.2. The fourth-order valence-corrected chi connectivity index (χ4v) is 5.30. The van der Waals surface area contributed by atoms with Crippen LogP contribution in [-0.4, -0.2) is 59.1 Å². The average molecular weight is 442 g/mol. The summed E-state index contributed by atoms with van der Waals surface area (Å²) in [6.45, 7) is 12.2. The summed E-state index contributed by atoms with van der Waals surface area (Å²) in [4.78, 5) is 17.5. The van der Waals surface area contributed by atoms with E-state index in [4.69, 9.17) is 4.74 Å². The molecule has 0 saturated carbocycles. The molecule has 1 aromatic heterocycles. The van der Waals surface area contributed by atoms with Gasteiger partial charge in [0.1, 0.15) is 0 Å². The molecule has 1 fully saturated rings. The van der Waals surface area contributed by atoms with Crippen LogP contribution in [0.1, 0.15) is 33.3 Å². The molecule has 7 nitrogen and oxygen atoms in total. The van der Waals surface area contributed by atoms with Crippen molar-refractivity contribution in [2.45, 2.75) is 50.1 Å². The van der Waals surface area contributed by atoms with Gasteiger partial charge in [0.2, 0.25) is 5.95 Å². The van der Waals surface area contributed by atoms with Gasteiger partial charge < -0.3 is 14.5 Å². The largest absolute Gasteiger partial charge is 0.378 e. The molecule has 0 bridgehead atoms. The first-order valence-electron chi connectivity index (χ1n) is 10.9. The number of anilines is 2. The molecule has 1 aromatic carbocycles. The molecule has 0 N–H and O–H groups in total. The summed E-state index contributed by atoms with van der Waals surface area (Å²) in [7, 11) is 2.03. The number of likely N-dealkylation sites (N-methyl/N-ethyl adjacent to an activating group) is 1. The minimum absolute atomic E-state index is 0.0892. The lowest BCUT2D eigenvalue weighted by Gasteiger charge is -2.27. The van der Waals surface area contributed by atoms with Crippen molar-refractivity contribution in [3.63, 3.8) is 0 Å². The van der Waals surface area contributed by atoms with Crippen LogP contribution in [0.25, 0.3) is 0 Å². The number of hydrogen-bond acceptors (Lipinski definition) is 7. The van der Waals surface area contributed by atoms with E-state index in [1.165, 1.54) is 17.3 Å². The second-order valence-corrected chi connectivity index (χ2v) is 9.83. The molecule has 0 radical (unpaired) electrons. The zero-order valence-electron chi connectivity index (χ0n) is 19.0. The monoisotopic (exact) mass is 441 g/mol. The Kier molecular flexibility index (Phi) is 6.12. The number of para-hydroxylation sites is 1. The van der Waals surface area contributed by atoms with Crippen LogP contribution in [0.4, 0.5) is 11.6 Å². The molecule has 8 heteroatoms.